The number of anilines is 4. The molecule has 3 N–H and O–H groups in total. The van der Waals surface area contributed by atoms with Crippen molar-refractivity contribution in [1.82, 2.24) is 9.97 Å². The van der Waals surface area contributed by atoms with E-state index in [0.29, 0.717) is 11.8 Å². The number of nitrogens with two attached hydrogens (primary N) is 1. The van der Waals surface area contributed by atoms with Crippen molar-refractivity contribution in [2.24, 2.45) is 0 Å². The predicted molar refractivity (Wildman–Crippen MR) is 75.2 cm³/mol. The molecule has 94 valence electrons. The summed E-state index contributed by atoms with van der Waals surface area (Å²) in [7, 11) is 4.00. The smallest absolute Gasteiger partial charge is 0.229 e. The van der Waals surface area contributed by atoms with Gasteiger partial charge in [0.05, 0.1) is 0 Å². The van der Waals surface area contributed by atoms with Gasteiger partial charge in [0.15, 0.2) is 0 Å². The highest BCUT2D eigenvalue weighted by Crippen LogP contribution is 2.20. The second-order valence-electron chi connectivity index (χ2n) is 4.33. The van der Waals surface area contributed by atoms with E-state index in [2.05, 4.69) is 15.3 Å². The van der Waals surface area contributed by atoms with Gasteiger partial charge < -0.3 is 16.0 Å². The topological polar surface area (TPSA) is 67.1 Å². The Balaban J connectivity index is 2.25. The Labute approximate surface area is 107 Å². The zero-order chi connectivity index (χ0) is 13.1. The number of hydrogen-bond donors (Lipinski definition) is 2. The van der Waals surface area contributed by atoms with Crippen molar-refractivity contribution in [3.05, 3.63) is 36.0 Å². The molecule has 0 fully saturated rings. The number of aromatic nitrogens is 2. The first-order valence-corrected chi connectivity index (χ1v) is 5.70. The van der Waals surface area contributed by atoms with Gasteiger partial charge in [-0.05, 0) is 25.1 Å². The molecule has 0 atom stereocenters. The minimum atomic E-state index is 0.466. The highest BCUT2D eigenvalue weighted by Gasteiger charge is 2.02. The minimum absolute atomic E-state index is 0.466. The molecule has 2 aromatic rings. The van der Waals surface area contributed by atoms with E-state index in [9.17, 15) is 0 Å². The third-order valence-electron chi connectivity index (χ3n) is 2.49. The fraction of sp³-hybridized carbons (Fsp3) is 0.231. The molecule has 0 saturated carbocycles. The summed E-state index contributed by atoms with van der Waals surface area (Å²) in [4.78, 5) is 10.5. The van der Waals surface area contributed by atoms with Crippen LogP contribution in [0.1, 0.15) is 5.69 Å². The lowest BCUT2D eigenvalue weighted by Crippen LogP contribution is -2.09. The molecule has 0 aliphatic heterocycles. The summed E-state index contributed by atoms with van der Waals surface area (Å²) in [6.07, 6.45) is 0. The van der Waals surface area contributed by atoms with Crippen LogP contribution in [0, 0.1) is 6.92 Å². The summed E-state index contributed by atoms with van der Waals surface area (Å²) in [5, 5.41) is 3.15. The molecule has 0 saturated heterocycles. The van der Waals surface area contributed by atoms with Gasteiger partial charge in [0.2, 0.25) is 5.95 Å². The molecule has 0 aliphatic rings. The Kier molecular flexibility index (Phi) is 3.32. The van der Waals surface area contributed by atoms with Crippen LogP contribution in [0.5, 0.6) is 0 Å². The fourth-order valence-electron chi connectivity index (χ4n) is 1.64. The van der Waals surface area contributed by atoms with Gasteiger partial charge in [-0.25, -0.2) is 4.98 Å². The number of benzene rings is 1. The Morgan fingerprint density at radius 2 is 1.94 bits per heavy atom. The van der Waals surface area contributed by atoms with Gasteiger partial charge in [0.1, 0.15) is 5.82 Å². The summed E-state index contributed by atoms with van der Waals surface area (Å²) in [5.74, 6) is 0.983. The lowest BCUT2D eigenvalue weighted by atomic mass is 10.2. The Morgan fingerprint density at radius 1 is 1.17 bits per heavy atom. The highest BCUT2D eigenvalue weighted by atomic mass is 15.1. The van der Waals surface area contributed by atoms with E-state index >= 15 is 0 Å². The number of rotatable bonds is 3. The van der Waals surface area contributed by atoms with E-state index in [1.165, 1.54) is 0 Å². The molecule has 0 unspecified atom stereocenters. The summed E-state index contributed by atoms with van der Waals surface area (Å²) in [6, 6.07) is 9.76. The number of nitrogens with one attached hydrogen (secondary N) is 1. The quantitative estimate of drug-likeness (QED) is 0.864. The second-order valence-corrected chi connectivity index (χ2v) is 4.33. The first kappa shape index (κ1) is 12.2. The molecule has 5 heteroatoms. The van der Waals surface area contributed by atoms with Gasteiger partial charge in [-0.3, -0.25) is 0 Å². The summed E-state index contributed by atoms with van der Waals surface area (Å²) < 4.78 is 0. The molecular weight excluding hydrogens is 226 g/mol. The molecule has 1 heterocycles. The van der Waals surface area contributed by atoms with Crippen molar-refractivity contribution >= 4 is 23.1 Å². The molecule has 0 radical (unpaired) electrons. The van der Waals surface area contributed by atoms with E-state index < -0.39 is 0 Å². The molecule has 1 aromatic heterocycles. The van der Waals surface area contributed by atoms with Crippen molar-refractivity contribution in [1.29, 1.82) is 0 Å². The summed E-state index contributed by atoms with van der Waals surface area (Å²) >= 11 is 0. The van der Waals surface area contributed by atoms with E-state index in [1.54, 1.807) is 6.07 Å². The molecule has 5 nitrogen and oxygen atoms in total. The molecule has 0 aliphatic carbocycles. The number of hydrogen-bond acceptors (Lipinski definition) is 5. The van der Waals surface area contributed by atoms with Crippen molar-refractivity contribution in [2.45, 2.75) is 6.92 Å². The zero-order valence-corrected chi connectivity index (χ0v) is 10.8. The largest absolute Gasteiger partial charge is 0.384 e. The summed E-state index contributed by atoms with van der Waals surface area (Å²) in [6.45, 7) is 1.89. The Hall–Kier alpha value is -2.30. The van der Waals surface area contributed by atoms with Crippen LogP contribution < -0.4 is 16.0 Å². The van der Waals surface area contributed by atoms with Crippen LogP contribution in [0.2, 0.25) is 0 Å². The third-order valence-corrected chi connectivity index (χ3v) is 2.49. The molecule has 0 bridgehead atoms. The molecular formula is C13H17N5. The van der Waals surface area contributed by atoms with Crippen LogP contribution in [-0.2, 0) is 0 Å². The van der Waals surface area contributed by atoms with Gasteiger partial charge in [-0.15, -0.1) is 0 Å². The van der Waals surface area contributed by atoms with E-state index in [-0.39, 0.29) is 0 Å². The monoisotopic (exact) mass is 243 g/mol. The minimum Gasteiger partial charge on any atom is -0.384 e. The Morgan fingerprint density at radius 3 is 2.61 bits per heavy atom. The normalized spacial score (nSPS) is 10.2. The first-order chi connectivity index (χ1) is 8.54. The van der Waals surface area contributed by atoms with Crippen LogP contribution >= 0.6 is 0 Å². The average molecular weight is 243 g/mol. The molecule has 0 amide bonds. The van der Waals surface area contributed by atoms with Gasteiger partial charge in [-0.1, -0.05) is 6.07 Å². The van der Waals surface area contributed by atoms with Crippen LogP contribution in [-0.4, -0.2) is 24.1 Å². The van der Waals surface area contributed by atoms with Gasteiger partial charge in [0, 0.05) is 37.2 Å². The van der Waals surface area contributed by atoms with Gasteiger partial charge >= 0.3 is 0 Å². The van der Waals surface area contributed by atoms with Crippen molar-refractivity contribution < 1.29 is 0 Å². The average Bonchev–Trinajstić information content (AvgIpc) is 2.27. The van der Waals surface area contributed by atoms with E-state index in [1.807, 2.05) is 50.2 Å². The maximum absolute atomic E-state index is 5.69. The lowest BCUT2D eigenvalue weighted by molar-refractivity contribution is 1.11. The number of nitrogens with zero attached hydrogens (tertiary/aromatic N) is 3. The SMILES string of the molecule is Cc1cc(N)nc(Nc2cccc(N(C)C)c2)n1. The highest BCUT2D eigenvalue weighted by molar-refractivity contribution is 5.62. The van der Waals surface area contributed by atoms with Gasteiger partial charge in [0.25, 0.3) is 0 Å². The van der Waals surface area contributed by atoms with Crippen LogP contribution in [0.3, 0.4) is 0 Å². The standard InChI is InChI=1S/C13H17N5/c1-9-7-12(14)17-13(15-9)16-10-5-4-6-11(8-10)18(2)3/h4-8H,1-3H3,(H3,14,15,16,17). The first-order valence-electron chi connectivity index (χ1n) is 5.70. The molecule has 0 spiro atoms. The Bertz CT molecular complexity index is 531. The predicted octanol–water partition coefficient (Wildman–Crippen LogP) is 2.18. The maximum Gasteiger partial charge on any atom is 0.229 e. The number of aryl methyl sites for hydroxylation is 1. The molecule has 18 heavy (non-hydrogen) atoms. The van der Waals surface area contributed by atoms with E-state index in [0.717, 1.165) is 17.1 Å². The number of nitrogen functional groups attached to an aromatic ring is 1. The fourth-order valence-corrected chi connectivity index (χ4v) is 1.64. The van der Waals surface area contributed by atoms with Crippen LogP contribution in [0.4, 0.5) is 23.1 Å². The molecule has 1 aromatic carbocycles. The summed E-state index contributed by atoms with van der Waals surface area (Å²) in [5.41, 5.74) is 8.58. The van der Waals surface area contributed by atoms with E-state index in [4.69, 9.17) is 5.73 Å². The lowest BCUT2D eigenvalue weighted by Gasteiger charge is -2.14. The van der Waals surface area contributed by atoms with Gasteiger partial charge in [-0.2, -0.15) is 4.98 Å². The van der Waals surface area contributed by atoms with Crippen molar-refractivity contribution in [2.75, 3.05) is 30.0 Å². The zero-order valence-electron chi connectivity index (χ0n) is 10.8. The third kappa shape index (κ3) is 2.88. The van der Waals surface area contributed by atoms with Crippen LogP contribution in [0.15, 0.2) is 30.3 Å². The van der Waals surface area contributed by atoms with Crippen molar-refractivity contribution in [3.63, 3.8) is 0 Å². The second kappa shape index (κ2) is 4.91. The maximum atomic E-state index is 5.69. The van der Waals surface area contributed by atoms with Crippen molar-refractivity contribution in [3.8, 4) is 0 Å². The molecule has 2 rings (SSSR count). The van der Waals surface area contributed by atoms with Crippen LogP contribution in [0.25, 0.3) is 0 Å².